The summed E-state index contributed by atoms with van der Waals surface area (Å²) < 4.78 is 30.2. The summed E-state index contributed by atoms with van der Waals surface area (Å²) in [6.07, 6.45) is -19.7. The van der Waals surface area contributed by atoms with Crippen molar-refractivity contribution in [3.05, 3.63) is 0 Å². The zero-order valence-electron chi connectivity index (χ0n) is 14.6. The summed E-state index contributed by atoms with van der Waals surface area (Å²) in [4.78, 5) is 10.7. The number of carbonyl (C=O) groups is 1. The molecule has 8 N–H and O–H groups in total. The molecule has 0 bridgehead atoms. The SMILES string of the molecule is O=C(O)CO[C@H]1[C@@H](O)[C@@H](CO)OC(C(F)[C@H]2O[C@H](CO)[C@@H](O)[C@H](O)[C@@H]2O)[C@@H]1O. The molecule has 2 aliphatic rings. The molecule has 0 aromatic rings. The molecule has 2 aliphatic heterocycles. The number of halogens is 1. The number of hydrogen-bond donors (Lipinski definition) is 8. The third-order valence-corrected chi connectivity index (χ3v) is 4.86. The molecule has 0 aromatic heterocycles. The van der Waals surface area contributed by atoms with E-state index in [1.54, 1.807) is 0 Å². The van der Waals surface area contributed by atoms with Crippen LogP contribution in [0.5, 0.6) is 0 Å². The molecule has 12 nitrogen and oxygen atoms in total. The standard InChI is InChI=1S/C15H25FO12/c16-7(13-11(24)10(23)8(21)4(1-17)27-13)14-12(25)15(26-3-6(19)20)9(22)5(2-18)28-14/h4-5,7-15,17-18,21-25H,1-3H2,(H,19,20)/t4-,5-,7?,8-,9+,10+,11+,12+,13-,14?,15+/m1/s1. The summed E-state index contributed by atoms with van der Waals surface area (Å²) in [7, 11) is 0. The lowest BCUT2D eigenvalue weighted by Crippen LogP contribution is -2.67. The van der Waals surface area contributed by atoms with Crippen molar-refractivity contribution in [1.82, 2.24) is 0 Å². The number of hydrogen-bond acceptors (Lipinski definition) is 11. The fourth-order valence-electron chi connectivity index (χ4n) is 3.32. The maximum absolute atomic E-state index is 15.1. The van der Waals surface area contributed by atoms with Crippen molar-refractivity contribution in [1.29, 1.82) is 0 Å². The summed E-state index contributed by atoms with van der Waals surface area (Å²) in [5.41, 5.74) is 0. The third kappa shape index (κ3) is 4.59. The van der Waals surface area contributed by atoms with Crippen molar-refractivity contribution < 1.29 is 64.2 Å². The van der Waals surface area contributed by atoms with Gasteiger partial charge in [-0.1, -0.05) is 0 Å². The number of carboxylic acids is 1. The van der Waals surface area contributed by atoms with E-state index in [0.29, 0.717) is 0 Å². The highest BCUT2D eigenvalue weighted by molar-refractivity contribution is 5.68. The molecule has 0 aliphatic carbocycles. The van der Waals surface area contributed by atoms with Gasteiger partial charge in [0.25, 0.3) is 0 Å². The van der Waals surface area contributed by atoms with Gasteiger partial charge in [-0.25, -0.2) is 9.18 Å². The molecule has 2 saturated heterocycles. The highest BCUT2D eigenvalue weighted by Gasteiger charge is 2.54. The maximum atomic E-state index is 15.1. The zero-order valence-corrected chi connectivity index (χ0v) is 14.6. The van der Waals surface area contributed by atoms with E-state index in [1.807, 2.05) is 0 Å². The monoisotopic (exact) mass is 416 g/mol. The zero-order chi connectivity index (χ0) is 21.2. The number of alkyl halides is 1. The molecule has 13 heteroatoms. The van der Waals surface area contributed by atoms with Crippen molar-refractivity contribution in [3.63, 3.8) is 0 Å². The molecular formula is C15H25FO12. The Balaban J connectivity index is 2.21. The molecule has 0 radical (unpaired) electrons. The number of ether oxygens (including phenoxy) is 3. The van der Waals surface area contributed by atoms with E-state index in [4.69, 9.17) is 19.3 Å². The Kier molecular flexibility index (Phi) is 8.04. The molecule has 2 rings (SSSR count). The Morgan fingerprint density at radius 1 is 0.857 bits per heavy atom. The average Bonchev–Trinajstić information content (AvgIpc) is 2.66. The fourth-order valence-corrected chi connectivity index (χ4v) is 3.32. The van der Waals surface area contributed by atoms with Crippen molar-refractivity contribution in [2.45, 2.75) is 67.2 Å². The lowest BCUT2D eigenvalue weighted by molar-refractivity contribution is -0.286. The number of carboxylic acid groups (broad SMARTS) is 1. The van der Waals surface area contributed by atoms with Gasteiger partial charge < -0.3 is 55.1 Å². The molecule has 11 atom stereocenters. The topological polar surface area (TPSA) is 207 Å². The van der Waals surface area contributed by atoms with E-state index in [1.165, 1.54) is 0 Å². The van der Waals surface area contributed by atoms with E-state index in [-0.39, 0.29) is 0 Å². The van der Waals surface area contributed by atoms with Gasteiger partial charge in [-0.3, -0.25) is 0 Å². The second-order valence-corrected chi connectivity index (χ2v) is 6.71. The summed E-state index contributed by atoms with van der Waals surface area (Å²) >= 11 is 0. The summed E-state index contributed by atoms with van der Waals surface area (Å²) in [6, 6.07) is 0. The van der Waals surface area contributed by atoms with Crippen molar-refractivity contribution >= 4 is 5.97 Å². The first-order chi connectivity index (χ1) is 13.1. The van der Waals surface area contributed by atoms with Gasteiger partial charge >= 0.3 is 5.97 Å². The van der Waals surface area contributed by atoms with Crippen LogP contribution >= 0.6 is 0 Å². The predicted molar refractivity (Wildman–Crippen MR) is 83.8 cm³/mol. The quantitative estimate of drug-likeness (QED) is 0.197. The normalized spacial score (nSPS) is 45.6. The van der Waals surface area contributed by atoms with Gasteiger partial charge in [0.1, 0.15) is 67.6 Å². The van der Waals surface area contributed by atoms with E-state index in [9.17, 15) is 40.5 Å². The van der Waals surface area contributed by atoms with Crippen LogP contribution in [0.2, 0.25) is 0 Å². The van der Waals surface area contributed by atoms with Crippen LogP contribution < -0.4 is 0 Å². The van der Waals surface area contributed by atoms with Crippen LogP contribution in [0.3, 0.4) is 0 Å². The van der Waals surface area contributed by atoms with Crippen LogP contribution in [-0.4, -0.2) is 134 Å². The smallest absolute Gasteiger partial charge is 0.329 e. The Bertz CT molecular complexity index is 521. The highest BCUT2D eigenvalue weighted by atomic mass is 19.1. The van der Waals surface area contributed by atoms with Crippen LogP contribution in [-0.2, 0) is 19.0 Å². The first-order valence-corrected chi connectivity index (χ1v) is 8.54. The third-order valence-electron chi connectivity index (χ3n) is 4.86. The van der Waals surface area contributed by atoms with Gasteiger partial charge in [-0.05, 0) is 0 Å². The van der Waals surface area contributed by atoms with Gasteiger partial charge in [-0.15, -0.1) is 0 Å². The van der Waals surface area contributed by atoms with E-state index >= 15 is 4.39 Å². The lowest BCUT2D eigenvalue weighted by atomic mass is 9.86. The van der Waals surface area contributed by atoms with E-state index in [2.05, 4.69) is 0 Å². The first kappa shape index (κ1) is 23.3. The van der Waals surface area contributed by atoms with Crippen LogP contribution in [0.1, 0.15) is 0 Å². The second-order valence-electron chi connectivity index (χ2n) is 6.71. The predicted octanol–water partition coefficient (Wildman–Crippen LogP) is -4.88. The van der Waals surface area contributed by atoms with Gasteiger partial charge in [0.05, 0.1) is 13.2 Å². The molecule has 0 amide bonds. The average molecular weight is 416 g/mol. The van der Waals surface area contributed by atoms with Crippen LogP contribution in [0.25, 0.3) is 0 Å². The number of aliphatic hydroxyl groups is 7. The van der Waals surface area contributed by atoms with Crippen molar-refractivity contribution in [2.75, 3.05) is 19.8 Å². The van der Waals surface area contributed by atoms with Gasteiger partial charge in [0, 0.05) is 0 Å². The summed E-state index contributed by atoms with van der Waals surface area (Å²) in [6.45, 7) is -2.55. The molecule has 2 heterocycles. The number of aliphatic hydroxyl groups excluding tert-OH is 7. The molecule has 0 aromatic carbocycles. The van der Waals surface area contributed by atoms with Gasteiger partial charge in [-0.2, -0.15) is 0 Å². The van der Waals surface area contributed by atoms with Gasteiger partial charge in [0.15, 0.2) is 6.17 Å². The Hall–Kier alpha value is -1.00. The van der Waals surface area contributed by atoms with Gasteiger partial charge in [0.2, 0.25) is 0 Å². The van der Waals surface area contributed by atoms with Crippen molar-refractivity contribution in [3.8, 4) is 0 Å². The molecule has 28 heavy (non-hydrogen) atoms. The largest absolute Gasteiger partial charge is 0.480 e. The van der Waals surface area contributed by atoms with Crippen LogP contribution in [0, 0.1) is 0 Å². The Morgan fingerprint density at radius 3 is 1.86 bits per heavy atom. The molecule has 164 valence electrons. The highest BCUT2D eigenvalue weighted by Crippen LogP contribution is 2.32. The molecule has 2 fully saturated rings. The van der Waals surface area contributed by atoms with Crippen LogP contribution in [0.4, 0.5) is 4.39 Å². The first-order valence-electron chi connectivity index (χ1n) is 8.54. The molecular weight excluding hydrogens is 391 g/mol. The fraction of sp³-hybridized carbons (Fsp3) is 0.933. The van der Waals surface area contributed by atoms with Crippen molar-refractivity contribution in [2.24, 2.45) is 0 Å². The molecule has 0 spiro atoms. The minimum Gasteiger partial charge on any atom is -0.480 e. The van der Waals surface area contributed by atoms with E-state index in [0.717, 1.165) is 0 Å². The Labute approximate surface area is 158 Å². The minimum atomic E-state index is -2.38. The summed E-state index contributed by atoms with van der Waals surface area (Å²) in [5, 5.41) is 77.2. The summed E-state index contributed by atoms with van der Waals surface area (Å²) in [5.74, 6) is -1.42. The second kappa shape index (κ2) is 9.67. The Morgan fingerprint density at radius 2 is 1.36 bits per heavy atom. The number of rotatable bonds is 7. The molecule has 2 unspecified atom stereocenters. The minimum absolute atomic E-state index is 0.801. The maximum Gasteiger partial charge on any atom is 0.329 e. The number of aliphatic carboxylic acids is 1. The van der Waals surface area contributed by atoms with Crippen LogP contribution in [0.15, 0.2) is 0 Å². The lowest BCUT2D eigenvalue weighted by Gasteiger charge is -2.47. The van der Waals surface area contributed by atoms with E-state index < -0.39 is 93.0 Å². The molecule has 0 saturated carbocycles.